The van der Waals surface area contributed by atoms with Gasteiger partial charge in [0.25, 0.3) is 0 Å². The fourth-order valence-corrected chi connectivity index (χ4v) is 0.819. The number of nitrogens with one attached hydrogen (secondary N) is 1. The molecule has 1 aromatic heterocycles. The van der Waals surface area contributed by atoms with E-state index in [9.17, 15) is 0 Å². The zero-order chi connectivity index (χ0) is 12.2. The summed E-state index contributed by atoms with van der Waals surface area (Å²) in [6, 6.07) is 0. The van der Waals surface area contributed by atoms with E-state index in [4.69, 9.17) is 29.0 Å². The van der Waals surface area contributed by atoms with Crippen LogP contribution in [0.2, 0.25) is 0 Å². The van der Waals surface area contributed by atoms with Crippen molar-refractivity contribution in [3.63, 3.8) is 0 Å². The minimum Gasteiger partial charge on any atom is -0.394 e. The monoisotopic (exact) mass is 238 g/mol. The molecule has 8 nitrogen and oxygen atoms in total. The molecule has 0 amide bonds. The van der Waals surface area contributed by atoms with Crippen molar-refractivity contribution in [2.75, 3.05) is 11.5 Å². The summed E-state index contributed by atoms with van der Waals surface area (Å²) in [6.45, 7) is 4.04. The summed E-state index contributed by atoms with van der Waals surface area (Å²) in [4.78, 5) is 0. The van der Waals surface area contributed by atoms with Gasteiger partial charge < -0.3 is 11.5 Å². The Hall–Kier alpha value is -1.32. The molecule has 0 aliphatic heterocycles. The highest BCUT2D eigenvalue weighted by Crippen LogP contribution is 2.22. The molecular formula is C6H14N4O4S. The van der Waals surface area contributed by atoms with Gasteiger partial charge in [-0.05, 0) is 5.92 Å². The second kappa shape index (κ2) is 4.96. The van der Waals surface area contributed by atoms with E-state index in [0.29, 0.717) is 17.4 Å². The summed E-state index contributed by atoms with van der Waals surface area (Å²) < 4.78 is 31.6. The number of nitrogens with two attached hydrogens (primary N) is 2. The van der Waals surface area contributed by atoms with Crippen LogP contribution >= 0.6 is 0 Å². The molecule has 0 bridgehead atoms. The van der Waals surface area contributed by atoms with Crippen LogP contribution in [0.4, 0.5) is 11.5 Å². The highest BCUT2D eigenvalue weighted by molar-refractivity contribution is 7.79. The molecule has 1 rings (SSSR count). The molecule has 0 spiro atoms. The van der Waals surface area contributed by atoms with Crippen molar-refractivity contribution < 1.29 is 17.5 Å². The third-order valence-corrected chi connectivity index (χ3v) is 1.41. The van der Waals surface area contributed by atoms with E-state index >= 15 is 0 Å². The van der Waals surface area contributed by atoms with Crippen LogP contribution in [0.1, 0.15) is 25.5 Å². The first-order chi connectivity index (χ1) is 6.63. The molecule has 9 heteroatoms. The number of anilines is 2. The predicted molar refractivity (Wildman–Crippen MR) is 55.7 cm³/mol. The fraction of sp³-hybridized carbons (Fsp3) is 0.500. The number of hydrogen-bond acceptors (Lipinski definition) is 5. The largest absolute Gasteiger partial charge is 0.394 e. The molecule has 88 valence electrons. The summed E-state index contributed by atoms with van der Waals surface area (Å²) >= 11 is 0. The van der Waals surface area contributed by atoms with E-state index in [-0.39, 0.29) is 0 Å². The number of nitrogen functional groups attached to an aromatic ring is 2. The van der Waals surface area contributed by atoms with Crippen LogP contribution in [0, 0.1) is 0 Å². The topological polar surface area (TPSA) is 155 Å². The zero-order valence-electron chi connectivity index (χ0n) is 8.30. The summed E-state index contributed by atoms with van der Waals surface area (Å²) in [7, 11) is -4.67. The van der Waals surface area contributed by atoms with Gasteiger partial charge in [-0.3, -0.25) is 14.2 Å². The second-order valence-electron chi connectivity index (χ2n) is 3.04. The normalized spacial score (nSPS) is 11.0. The molecular weight excluding hydrogens is 224 g/mol. The molecule has 0 fully saturated rings. The Bertz CT molecular complexity index is 403. The van der Waals surface area contributed by atoms with Gasteiger partial charge in [0.05, 0.1) is 11.4 Å². The van der Waals surface area contributed by atoms with Gasteiger partial charge >= 0.3 is 10.4 Å². The smallest absolute Gasteiger partial charge is 0.394 e. The minimum atomic E-state index is -4.67. The van der Waals surface area contributed by atoms with Crippen molar-refractivity contribution >= 4 is 21.9 Å². The van der Waals surface area contributed by atoms with Crippen molar-refractivity contribution in [2.45, 2.75) is 19.8 Å². The zero-order valence-corrected chi connectivity index (χ0v) is 9.11. The lowest BCUT2D eigenvalue weighted by molar-refractivity contribution is 0.381. The Kier molecular flexibility index (Phi) is 4.52. The number of H-pyrrole nitrogens is 1. The maximum atomic E-state index is 8.74. The number of hydrogen-bond donors (Lipinski definition) is 5. The maximum absolute atomic E-state index is 8.74. The Morgan fingerprint density at radius 3 is 1.87 bits per heavy atom. The molecule has 1 aromatic rings. The van der Waals surface area contributed by atoms with Crippen molar-refractivity contribution in [1.29, 1.82) is 0 Å². The van der Waals surface area contributed by atoms with E-state index < -0.39 is 10.4 Å². The second-order valence-corrected chi connectivity index (χ2v) is 3.93. The van der Waals surface area contributed by atoms with Crippen molar-refractivity contribution in [1.82, 2.24) is 10.2 Å². The molecule has 0 unspecified atom stereocenters. The van der Waals surface area contributed by atoms with Gasteiger partial charge in [0, 0.05) is 0 Å². The number of aromatic amines is 1. The van der Waals surface area contributed by atoms with Gasteiger partial charge in [-0.15, -0.1) is 0 Å². The summed E-state index contributed by atoms with van der Waals surface area (Å²) in [5.41, 5.74) is 12.4. The van der Waals surface area contributed by atoms with Crippen LogP contribution in [-0.4, -0.2) is 27.7 Å². The molecule has 0 radical (unpaired) electrons. The molecule has 0 aromatic carbocycles. The standard InChI is InChI=1S/C6H12N4.H2O4S/c1-3(2)5-4(7)6(8)10-9-5;1-5(2,3)4/h3H,7H2,1-2H3,(H3,8,9,10);(H2,1,2,3,4). The molecule has 0 aliphatic carbocycles. The van der Waals surface area contributed by atoms with Crippen molar-refractivity contribution in [3.8, 4) is 0 Å². The fourth-order valence-electron chi connectivity index (χ4n) is 0.819. The first kappa shape index (κ1) is 13.7. The van der Waals surface area contributed by atoms with Crippen LogP contribution in [0.3, 0.4) is 0 Å². The molecule has 0 saturated carbocycles. The third kappa shape index (κ3) is 5.88. The quantitative estimate of drug-likeness (QED) is 0.432. The van der Waals surface area contributed by atoms with E-state index in [1.54, 1.807) is 0 Å². The Labute approximate surface area is 87.2 Å². The van der Waals surface area contributed by atoms with Crippen LogP contribution < -0.4 is 11.5 Å². The van der Waals surface area contributed by atoms with Gasteiger partial charge in [0.15, 0.2) is 0 Å². The molecule has 0 atom stereocenters. The minimum absolute atomic E-state index is 0.327. The Balaban J connectivity index is 0.000000336. The highest BCUT2D eigenvalue weighted by atomic mass is 32.3. The Morgan fingerprint density at radius 2 is 1.73 bits per heavy atom. The lowest BCUT2D eigenvalue weighted by Gasteiger charge is -1.99. The molecule has 0 aliphatic rings. The number of nitrogens with zero attached hydrogens (tertiary/aromatic N) is 1. The highest BCUT2D eigenvalue weighted by Gasteiger charge is 2.09. The summed E-state index contributed by atoms with van der Waals surface area (Å²) in [6.07, 6.45) is 0. The van der Waals surface area contributed by atoms with Crippen molar-refractivity contribution in [3.05, 3.63) is 5.69 Å². The lowest BCUT2D eigenvalue weighted by atomic mass is 10.1. The molecule has 0 saturated heterocycles. The summed E-state index contributed by atoms with van der Waals surface area (Å²) in [5, 5.41) is 6.56. The molecule has 1 heterocycles. The van der Waals surface area contributed by atoms with Gasteiger partial charge in [-0.2, -0.15) is 13.5 Å². The molecule has 15 heavy (non-hydrogen) atoms. The van der Waals surface area contributed by atoms with Gasteiger partial charge in [-0.25, -0.2) is 0 Å². The number of aromatic nitrogens is 2. The predicted octanol–water partition coefficient (Wildman–Crippen LogP) is 0.0447. The van der Waals surface area contributed by atoms with Gasteiger partial charge in [0.2, 0.25) is 0 Å². The van der Waals surface area contributed by atoms with Crippen molar-refractivity contribution in [2.24, 2.45) is 0 Å². The molecule has 7 N–H and O–H groups in total. The van der Waals surface area contributed by atoms with E-state index in [1.807, 2.05) is 13.8 Å². The van der Waals surface area contributed by atoms with E-state index in [1.165, 1.54) is 0 Å². The number of rotatable bonds is 1. The maximum Gasteiger partial charge on any atom is 0.394 e. The SMILES string of the molecule is CC(C)c1n[nH]c(N)c1N.O=S(=O)(O)O. The third-order valence-electron chi connectivity index (χ3n) is 1.41. The van der Waals surface area contributed by atoms with Crippen LogP contribution in [0.25, 0.3) is 0 Å². The summed E-state index contributed by atoms with van der Waals surface area (Å²) in [5.74, 6) is 0.789. The van der Waals surface area contributed by atoms with Crippen LogP contribution in [0.5, 0.6) is 0 Å². The van der Waals surface area contributed by atoms with Crippen LogP contribution in [0.15, 0.2) is 0 Å². The Morgan fingerprint density at radius 1 is 1.33 bits per heavy atom. The average Bonchev–Trinajstić information content (AvgIpc) is 2.29. The van der Waals surface area contributed by atoms with Gasteiger partial charge in [0.1, 0.15) is 5.82 Å². The van der Waals surface area contributed by atoms with Gasteiger partial charge in [-0.1, -0.05) is 13.8 Å². The first-order valence-electron chi connectivity index (χ1n) is 3.92. The van der Waals surface area contributed by atoms with Crippen LogP contribution in [-0.2, 0) is 10.4 Å². The average molecular weight is 238 g/mol. The lowest BCUT2D eigenvalue weighted by Crippen LogP contribution is -1.96. The first-order valence-corrected chi connectivity index (χ1v) is 5.31. The van der Waals surface area contributed by atoms with E-state index in [0.717, 1.165) is 5.69 Å². The van der Waals surface area contributed by atoms with E-state index in [2.05, 4.69) is 10.2 Å².